The number of aromatic nitrogens is 2. The van der Waals surface area contributed by atoms with Crippen LogP contribution < -0.4 is 9.64 Å². The maximum absolute atomic E-state index is 13.0. The molecule has 3 aliphatic rings. The fourth-order valence-corrected chi connectivity index (χ4v) is 5.76. The summed E-state index contributed by atoms with van der Waals surface area (Å²) in [6.07, 6.45) is -4.08. The highest BCUT2D eigenvalue weighted by molar-refractivity contribution is 7.89. The molecule has 0 radical (unpaired) electrons. The summed E-state index contributed by atoms with van der Waals surface area (Å²) in [7, 11) is -3.81. The zero-order valence-electron chi connectivity index (χ0n) is 15.7. The number of alkyl halides is 3. The molecule has 5 rings (SSSR count). The predicted octanol–water partition coefficient (Wildman–Crippen LogP) is 2.64. The largest absolute Gasteiger partial charge is 0.573 e. The van der Waals surface area contributed by atoms with E-state index in [-0.39, 0.29) is 17.0 Å². The van der Waals surface area contributed by atoms with Crippen molar-refractivity contribution in [1.82, 2.24) is 14.3 Å². The van der Waals surface area contributed by atoms with E-state index in [1.165, 1.54) is 4.31 Å². The number of piperidine rings is 1. The Balaban J connectivity index is 1.50. The maximum atomic E-state index is 13.0. The Hall–Kier alpha value is -2.40. The lowest BCUT2D eigenvalue weighted by molar-refractivity contribution is -0.274. The minimum absolute atomic E-state index is 0.0519. The van der Waals surface area contributed by atoms with Crippen molar-refractivity contribution >= 4 is 15.8 Å². The van der Waals surface area contributed by atoms with Gasteiger partial charge in [0.05, 0.1) is 4.90 Å². The zero-order valence-corrected chi connectivity index (χ0v) is 16.5. The molecular formula is C18H19F3N4O3S. The number of rotatable bonds is 4. The number of hydrogen-bond acceptors (Lipinski definition) is 6. The van der Waals surface area contributed by atoms with Crippen molar-refractivity contribution in [3.05, 3.63) is 41.9 Å². The highest BCUT2D eigenvalue weighted by Crippen LogP contribution is 2.39. The molecule has 1 aromatic heterocycles. The molecule has 2 aromatic rings. The summed E-state index contributed by atoms with van der Waals surface area (Å²) in [6.45, 7) is 4.69. The summed E-state index contributed by atoms with van der Waals surface area (Å²) in [5, 5.41) is 0. The Morgan fingerprint density at radius 1 is 1.07 bits per heavy atom. The number of piperazine rings is 1. The quantitative estimate of drug-likeness (QED) is 0.745. The number of fused-ring (bicyclic) bond motifs is 2. The van der Waals surface area contributed by atoms with Crippen LogP contribution in [0.5, 0.6) is 5.75 Å². The Morgan fingerprint density at radius 2 is 1.69 bits per heavy atom. The van der Waals surface area contributed by atoms with E-state index in [4.69, 9.17) is 0 Å². The molecule has 0 spiro atoms. The molecule has 2 atom stereocenters. The van der Waals surface area contributed by atoms with Gasteiger partial charge in [-0.15, -0.1) is 13.2 Å². The molecule has 1 aromatic carbocycles. The van der Waals surface area contributed by atoms with Gasteiger partial charge in [0.25, 0.3) is 0 Å². The summed E-state index contributed by atoms with van der Waals surface area (Å²) in [5.41, 5.74) is 0.845. The number of benzene rings is 1. The van der Waals surface area contributed by atoms with Gasteiger partial charge in [0.1, 0.15) is 17.4 Å². The number of hydrogen-bond donors (Lipinski definition) is 0. The zero-order chi connectivity index (χ0) is 21.0. The van der Waals surface area contributed by atoms with E-state index in [0.717, 1.165) is 42.2 Å². The van der Waals surface area contributed by atoms with Gasteiger partial charge in [-0.05, 0) is 44.5 Å². The van der Waals surface area contributed by atoms with Crippen LogP contribution in [-0.4, -0.2) is 54.2 Å². The van der Waals surface area contributed by atoms with Gasteiger partial charge in [0.15, 0.2) is 0 Å². The molecule has 2 unspecified atom stereocenters. The van der Waals surface area contributed by atoms with Crippen molar-refractivity contribution in [2.45, 2.75) is 43.6 Å². The lowest BCUT2D eigenvalue weighted by Gasteiger charge is -2.55. The number of ether oxygens (including phenoxy) is 1. The van der Waals surface area contributed by atoms with Gasteiger partial charge < -0.3 is 9.64 Å². The number of aryl methyl sites for hydroxylation is 2. The monoisotopic (exact) mass is 428 g/mol. The van der Waals surface area contributed by atoms with Gasteiger partial charge in [0, 0.05) is 36.9 Å². The third kappa shape index (κ3) is 3.88. The molecule has 29 heavy (non-hydrogen) atoms. The summed E-state index contributed by atoms with van der Waals surface area (Å²) in [4.78, 5) is 10.7. The van der Waals surface area contributed by atoms with Crippen LogP contribution in [0.2, 0.25) is 0 Å². The molecule has 0 aliphatic carbocycles. The smallest absolute Gasteiger partial charge is 0.406 e. The van der Waals surface area contributed by atoms with Crippen LogP contribution in [0.15, 0.2) is 35.2 Å². The average molecular weight is 428 g/mol. The Labute approximate surface area is 166 Å². The second-order valence-electron chi connectivity index (χ2n) is 7.22. The van der Waals surface area contributed by atoms with Crippen LogP contribution in [0.1, 0.15) is 17.9 Å². The summed E-state index contributed by atoms with van der Waals surface area (Å²) in [5.74, 6) is 0.973. The fourth-order valence-electron chi connectivity index (χ4n) is 3.95. The summed E-state index contributed by atoms with van der Waals surface area (Å²) < 4.78 is 68.1. The van der Waals surface area contributed by atoms with Crippen molar-refractivity contribution in [2.24, 2.45) is 0 Å². The molecule has 0 saturated carbocycles. The van der Waals surface area contributed by atoms with E-state index >= 15 is 0 Å². The lowest BCUT2D eigenvalue weighted by atomic mass is 9.91. The van der Waals surface area contributed by atoms with Crippen molar-refractivity contribution in [1.29, 1.82) is 0 Å². The second-order valence-corrected chi connectivity index (χ2v) is 9.06. The SMILES string of the molecule is Cc1cc(N2CC3CC(C2)N3S(=O)(=O)c2ccc(OC(F)(F)F)cc2)nc(C)n1. The Bertz CT molecular complexity index is 995. The number of nitrogens with zero attached hydrogens (tertiary/aromatic N) is 4. The standard InChI is InChI=1S/C18H19F3N4O3S/c1-11-7-17(23-12(2)22-11)24-9-13-8-14(10-24)25(13)29(26,27)16-5-3-15(4-6-16)28-18(19,20)21/h3-7,13-14H,8-10H2,1-2H3. The predicted molar refractivity (Wildman–Crippen MR) is 98.1 cm³/mol. The highest BCUT2D eigenvalue weighted by atomic mass is 32.2. The maximum Gasteiger partial charge on any atom is 0.573 e. The normalized spacial score (nSPS) is 22.3. The average Bonchev–Trinajstić information content (AvgIpc) is 2.59. The van der Waals surface area contributed by atoms with E-state index < -0.39 is 22.1 Å². The van der Waals surface area contributed by atoms with Gasteiger partial charge in [0.2, 0.25) is 10.0 Å². The summed E-state index contributed by atoms with van der Waals surface area (Å²) in [6, 6.07) is 5.75. The third-order valence-corrected chi connectivity index (χ3v) is 7.05. The molecular weight excluding hydrogens is 409 g/mol. The van der Waals surface area contributed by atoms with Gasteiger partial charge in [-0.2, -0.15) is 4.31 Å². The fraction of sp³-hybridized carbons (Fsp3) is 0.444. The van der Waals surface area contributed by atoms with Crippen molar-refractivity contribution in [3.63, 3.8) is 0 Å². The lowest BCUT2D eigenvalue weighted by Crippen LogP contribution is -2.70. The van der Waals surface area contributed by atoms with Crippen molar-refractivity contribution in [2.75, 3.05) is 18.0 Å². The van der Waals surface area contributed by atoms with E-state index in [0.29, 0.717) is 18.9 Å². The number of halogens is 3. The molecule has 4 heterocycles. The van der Waals surface area contributed by atoms with Crippen molar-refractivity contribution < 1.29 is 26.3 Å². The molecule has 7 nitrogen and oxygen atoms in total. The van der Waals surface area contributed by atoms with Gasteiger partial charge >= 0.3 is 6.36 Å². The summed E-state index contributed by atoms with van der Waals surface area (Å²) >= 11 is 0. The number of sulfonamides is 1. The highest BCUT2D eigenvalue weighted by Gasteiger charge is 2.51. The molecule has 3 fully saturated rings. The van der Waals surface area contributed by atoms with Crippen LogP contribution in [-0.2, 0) is 10.0 Å². The van der Waals surface area contributed by atoms with E-state index in [1.807, 2.05) is 24.8 Å². The Morgan fingerprint density at radius 3 is 2.24 bits per heavy atom. The molecule has 3 aliphatic heterocycles. The molecule has 156 valence electrons. The first-order chi connectivity index (χ1) is 13.5. The van der Waals surface area contributed by atoms with Crippen LogP contribution in [0.3, 0.4) is 0 Å². The van der Waals surface area contributed by atoms with Crippen LogP contribution >= 0.6 is 0 Å². The molecule has 0 amide bonds. The van der Waals surface area contributed by atoms with Crippen molar-refractivity contribution in [3.8, 4) is 5.75 Å². The van der Waals surface area contributed by atoms with Crippen LogP contribution in [0.4, 0.5) is 19.0 Å². The van der Waals surface area contributed by atoms with E-state index in [9.17, 15) is 21.6 Å². The molecule has 3 saturated heterocycles. The van der Waals surface area contributed by atoms with E-state index in [1.54, 1.807) is 0 Å². The topological polar surface area (TPSA) is 75.6 Å². The van der Waals surface area contributed by atoms with E-state index in [2.05, 4.69) is 14.7 Å². The molecule has 2 bridgehead atoms. The molecule has 11 heteroatoms. The molecule has 0 N–H and O–H groups in total. The minimum Gasteiger partial charge on any atom is -0.406 e. The van der Waals surface area contributed by atoms with Gasteiger partial charge in [-0.1, -0.05) is 0 Å². The first-order valence-electron chi connectivity index (χ1n) is 8.99. The first-order valence-corrected chi connectivity index (χ1v) is 10.4. The van der Waals surface area contributed by atoms with Crippen LogP contribution in [0.25, 0.3) is 0 Å². The third-order valence-electron chi connectivity index (χ3n) is 5.04. The van der Waals surface area contributed by atoms with Gasteiger partial charge in [-0.25, -0.2) is 18.4 Å². The van der Waals surface area contributed by atoms with Crippen LogP contribution in [0, 0.1) is 13.8 Å². The number of anilines is 1. The minimum atomic E-state index is -4.82. The first kappa shape index (κ1) is 19.9. The second kappa shape index (κ2) is 6.84. The van der Waals surface area contributed by atoms with Gasteiger partial charge in [-0.3, -0.25) is 0 Å². The Kier molecular flexibility index (Phi) is 4.69.